The maximum absolute atomic E-state index is 11.7. The first-order chi connectivity index (χ1) is 10.2. The van der Waals surface area contributed by atoms with Crippen molar-refractivity contribution in [3.05, 3.63) is 22.4 Å². The lowest BCUT2D eigenvalue weighted by molar-refractivity contribution is 0.138. The summed E-state index contributed by atoms with van der Waals surface area (Å²) >= 11 is 1.74. The number of likely N-dealkylation sites (tertiary alicyclic amines) is 1. The fourth-order valence-corrected chi connectivity index (χ4v) is 3.51. The molecule has 1 aliphatic rings. The van der Waals surface area contributed by atoms with E-state index in [0.717, 1.165) is 19.0 Å². The molecule has 1 saturated heterocycles. The van der Waals surface area contributed by atoms with Gasteiger partial charge in [0.2, 0.25) is 0 Å². The average molecular weight is 311 g/mol. The van der Waals surface area contributed by atoms with Crippen molar-refractivity contribution in [3.8, 4) is 0 Å². The predicted octanol–water partition coefficient (Wildman–Crippen LogP) is 1.81. The average Bonchev–Trinajstić information content (AvgIpc) is 3.01. The van der Waals surface area contributed by atoms with Gasteiger partial charge >= 0.3 is 6.03 Å². The fourth-order valence-electron chi connectivity index (χ4n) is 2.65. The SMILES string of the molecule is CC1CCN([C@@H](CNC(=O)NCCO)c2cccs2)CC1. The lowest BCUT2D eigenvalue weighted by atomic mass is 9.97. The second-order valence-electron chi connectivity index (χ2n) is 5.61. The van der Waals surface area contributed by atoms with E-state index in [2.05, 4.69) is 40.0 Å². The van der Waals surface area contributed by atoms with Crippen LogP contribution in [0.15, 0.2) is 17.5 Å². The van der Waals surface area contributed by atoms with E-state index in [0.29, 0.717) is 6.54 Å². The van der Waals surface area contributed by atoms with Gasteiger partial charge < -0.3 is 15.7 Å². The van der Waals surface area contributed by atoms with E-state index in [4.69, 9.17) is 5.11 Å². The van der Waals surface area contributed by atoms with Crippen molar-refractivity contribution in [2.75, 3.05) is 32.8 Å². The number of hydrogen-bond donors (Lipinski definition) is 3. The minimum atomic E-state index is -0.212. The zero-order valence-corrected chi connectivity index (χ0v) is 13.4. The summed E-state index contributed by atoms with van der Waals surface area (Å²) in [4.78, 5) is 15.4. The highest BCUT2D eigenvalue weighted by molar-refractivity contribution is 7.10. The summed E-state index contributed by atoms with van der Waals surface area (Å²) in [6, 6.07) is 4.24. The van der Waals surface area contributed by atoms with E-state index in [1.165, 1.54) is 17.7 Å². The summed E-state index contributed by atoms with van der Waals surface area (Å²) in [5, 5.41) is 16.4. The monoisotopic (exact) mass is 311 g/mol. The van der Waals surface area contributed by atoms with Crippen molar-refractivity contribution in [2.24, 2.45) is 5.92 Å². The number of amides is 2. The topological polar surface area (TPSA) is 64.6 Å². The number of hydrogen-bond acceptors (Lipinski definition) is 4. The van der Waals surface area contributed by atoms with E-state index >= 15 is 0 Å². The molecule has 1 atom stereocenters. The van der Waals surface area contributed by atoms with Crippen LogP contribution in [0, 0.1) is 5.92 Å². The van der Waals surface area contributed by atoms with Crippen LogP contribution in [-0.2, 0) is 0 Å². The first-order valence-electron chi connectivity index (χ1n) is 7.60. The van der Waals surface area contributed by atoms with Gasteiger partial charge in [0.05, 0.1) is 12.6 Å². The van der Waals surface area contributed by atoms with Crippen LogP contribution in [0.5, 0.6) is 0 Å². The van der Waals surface area contributed by atoms with Gasteiger partial charge in [-0.25, -0.2) is 4.79 Å². The highest BCUT2D eigenvalue weighted by atomic mass is 32.1. The molecule has 118 valence electrons. The van der Waals surface area contributed by atoms with Gasteiger partial charge in [0.25, 0.3) is 0 Å². The third-order valence-electron chi connectivity index (χ3n) is 3.98. The van der Waals surface area contributed by atoms with Gasteiger partial charge in [0.1, 0.15) is 0 Å². The van der Waals surface area contributed by atoms with Crippen LogP contribution in [0.25, 0.3) is 0 Å². The molecule has 2 amide bonds. The molecule has 21 heavy (non-hydrogen) atoms. The molecule has 0 radical (unpaired) electrons. The Balaban J connectivity index is 1.92. The molecule has 5 nitrogen and oxygen atoms in total. The van der Waals surface area contributed by atoms with Crippen molar-refractivity contribution in [1.82, 2.24) is 15.5 Å². The molecular weight excluding hydrogens is 286 g/mol. The lowest BCUT2D eigenvalue weighted by Gasteiger charge is -2.36. The number of aliphatic hydroxyl groups is 1. The van der Waals surface area contributed by atoms with Crippen molar-refractivity contribution >= 4 is 17.4 Å². The number of piperidine rings is 1. The van der Waals surface area contributed by atoms with Gasteiger partial charge in [-0.05, 0) is 43.3 Å². The Labute approximate surface area is 130 Å². The Morgan fingerprint density at radius 2 is 2.24 bits per heavy atom. The minimum absolute atomic E-state index is 0.0359. The molecule has 2 rings (SSSR count). The molecule has 0 saturated carbocycles. The molecule has 2 heterocycles. The molecule has 1 aromatic rings. The predicted molar refractivity (Wildman–Crippen MR) is 85.5 cm³/mol. The Kier molecular flexibility index (Phi) is 6.48. The van der Waals surface area contributed by atoms with Crippen molar-refractivity contribution in [3.63, 3.8) is 0 Å². The first kappa shape index (κ1) is 16.3. The second-order valence-corrected chi connectivity index (χ2v) is 6.59. The number of nitrogens with one attached hydrogen (secondary N) is 2. The first-order valence-corrected chi connectivity index (χ1v) is 8.48. The van der Waals surface area contributed by atoms with E-state index in [1.54, 1.807) is 11.3 Å². The van der Waals surface area contributed by atoms with Gasteiger partial charge in [-0.1, -0.05) is 13.0 Å². The molecule has 1 aliphatic heterocycles. The van der Waals surface area contributed by atoms with Crippen molar-refractivity contribution < 1.29 is 9.90 Å². The Hall–Kier alpha value is -1.11. The summed E-state index contributed by atoms with van der Waals surface area (Å²) in [7, 11) is 0. The molecule has 0 unspecified atom stereocenters. The highest BCUT2D eigenvalue weighted by Crippen LogP contribution is 2.28. The summed E-state index contributed by atoms with van der Waals surface area (Å²) in [5.41, 5.74) is 0. The molecule has 3 N–H and O–H groups in total. The van der Waals surface area contributed by atoms with Crippen LogP contribution in [0.3, 0.4) is 0 Å². The van der Waals surface area contributed by atoms with Gasteiger partial charge in [0, 0.05) is 18.0 Å². The number of carbonyl (C=O) groups excluding carboxylic acids is 1. The standard InChI is InChI=1S/C15H25N3O2S/c1-12-4-7-18(8-5-12)13(14-3-2-10-21-14)11-17-15(20)16-6-9-19/h2-3,10,12-13,19H,4-9,11H2,1H3,(H2,16,17,20)/t13-/m0/s1. The number of carbonyl (C=O) groups is 1. The molecule has 1 aromatic heterocycles. The number of rotatable bonds is 6. The van der Waals surface area contributed by atoms with Crippen LogP contribution >= 0.6 is 11.3 Å². The molecule has 1 fully saturated rings. The largest absolute Gasteiger partial charge is 0.395 e. The minimum Gasteiger partial charge on any atom is -0.395 e. The summed E-state index contributed by atoms with van der Waals surface area (Å²) in [5.74, 6) is 0.797. The van der Waals surface area contributed by atoms with Crippen molar-refractivity contribution in [2.45, 2.75) is 25.8 Å². The van der Waals surface area contributed by atoms with Crippen LogP contribution in [-0.4, -0.2) is 48.8 Å². The molecule has 0 bridgehead atoms. The number of urea groups is 1. The maximum atomic E-state index is 11.7. The molecule has 0 spiro atoms. The highest BCUT2D eigenvalue weighted by Gasteiger charge is 2.25. The van der Waals surface area contributed by atoms with Crippen LogP contribution in [0.4, 0.5) is 4.79 Å². The third kappa shape index (κ3) is 4.98. The lowest BCUT2D eigenvalue weighted by Crippen LogP contribution is -2.44. The van der Waals surface area contributed by atoms with E-state index in [9.17, 15) is 4.79 Å². The Bertz CT molecular complexity index is 417. The van der Waals surface area contributed by atoms with Crippen LogP contribution in [0.2, 0.25) is 0 Å². The molecule has 6 heteroatoms. The molecule has 0 aromatic carbocycles. The van der Waals surface area contributed by atoms with E-state index in [1.807, 2.05) is 0 Å². The quantitative estimate of drug-likeness (QED) is 0.751. The zero-order valence-electron chi connectivity index (χ0n) is 12.5. The fraction of sp³-hybridized carbons (Fsp3) is 0.667. The summed E-state index contributed by atoms with van der Waals surface area (Å²) in [6.07, 6.45) is 2.44. The summed E-state index contributed by atoms with van der Waals surface area (Å²) in [6.45, 7) is 5.33. The Morgan fingerprint density at radius 1 is 1.48 bits per heavy atom. The van der Waals surface area contributed by atoms with Gasteiger partial charge in [0.15, 0.2) is 0 Å². The maximum Gasteiger partial charge on any atom is 0.314 e. The normalized spacial score (nSPS) is 18.4. The Morgan fingerprint density at radius 3 is 2.86 bits per heavy atom. The third-order valence-corrected chi connectivity index (χ3v) is 4.96. The summed E-state index contributed by atoms with van der Waals surface area (Å²) < 4.78 is 0. The van der Waals surface area contributed by atoms with Crippen LogP contribution in [0.1, 0.15) is 30.7 Å². The van der Waals surface area contributed by atoms with Crippen molar-refractivity contribution in [1.29, 1.82) is 0 Å². The smallest absolute Gasteiger partial charge is 0.314 e. The molecule has 0 aliphatic carbocycles. The van der Waals surface area contributed by atoms with Gasteiger partial charge in [-0.3, -0.25) is 4.90 Å². The second kappa shape index (κ2) is 8.36. The number of aliphatic hydroxyl groups excluding tert-OH is 1. The number of thiophene rings is 1. The zero-order chi connectivity index (χ0) is 15.1. The number of nitrogens with zero attached hydrogens (tertiary/aromatic N) is 1. The van der Waals surface area contributed by atoms with E-state index in [-0.39, 0.29) is 25.2 Å². The van der Waals surface area contributed by atoms with E-state index < -0.39 is 0 Å². The van der Waals surface area contributed by atoms with Gasteiger partial charge in [-0.2, -0.15) is 0 Å². The van der Waals surface area contributed by atoms with Crippen LogP contribution < -0.4 is 10.6 Å². The van der Waals surface area contributed by atoms with Gasteiger partial charge in [-0.15, -0.1) is 11.3 Å². The molecular formula is C15H25N3O2S.